The number of furan rings is 1. The van der Waals surface area contributed by atoms with Crippen LogP contribution in [0.15, 0.2) is 28.8 Å². The Morgan fingerprint density at radius 2 is 1.59 bits per heavy atom. The highest BCUT2D eigenvalue weighted by Gasteiger charge is 2.21. The minimum absolute atomic E-state index is 0.339. The summed E-state index contributed by atoms with van der Waals surface area (Å²) in [5.74, 6) is 1.36. The zero-order chi connectivity index (χ0) is 15.9. The molecule has 2 aromatic heterocycles. The number of rotatable bonds is 3. The topological polar surface area (TPSA) is 44.5 Å². The molecule has 0 atom stereocenters. The SMILES string of the molecule is COc1cc(OC)c(Cl)c(-c2cc3cc(Cl)ncc3o2)c1Cl. The number of aromatic nitrogens is 1. The molecule has 114 valence electrons. The number of hydrogen-bond donors (Lipinski definition) is 0. The van der Waals surface area contributed by atoms with Gasteiger partial charge in [0.15, 0.2) is 5.58 Å². The summed E-state index contributed by atoms with van der Waals surface area (Å²) in [6.07, 6.45) is 1.54. The van der Waals surface area contributed by atoms with E-state index in [0.717, 1.165) is 5.39 Å². The maximum Gasteiger partial charge on any atom is 0.153 e. The maximum absolute atomic E-state index is 6.37. The first-order valence-corrected chi connectivity index (χ1v) is 7.34. The number of methoxy groups -OCH3 is 2. The van der Waals surface area contributed by atoms with Crippen LogP contribution in [0.2, 0.25) is 15.2 Å². The molecule has 0 aliphatic carbocycles. The van der Waals surface area contributed by atoms with Crippen molar-refractivity contribution in [3.8, 4) is 22.8 Å². The third-order valence-corrected chi connectivity index (χ3v) is 4.15. The molecule has 0 aliphatic rings. The Labute approximate surface area is 141 Å². The predicted octanol–water partition coefficient (Wildman–Crippen LogP) is 5.47. The number of ether oxygens (including phenoxy) is 2. The fourth-order valence-corrected chi connectivity index (χ4v) is 3.00. The number of fused-ring (bicyclic) bond motifs is 1. The first kappa shape index (κ1) is 15.3. The normalized spacial score (nSPS) is 11.0. The van der Waals surface area contributed by atoms with Crippen LogP contribution in [0.1, 0.15) is 0 Å². The molecule has 1 aromatic carbocycles. The van der Waals surface area contributed by atoms with Crippen molar-refractivity contribution in [2.45, 2.75) is 0 Å². The summed E-state index contributed by atoms with van der Waals surface area (Å²) in [7, 11) is 3.03. The summed E-state index contributed by atoms with van der Waals surface area (Å²) >= 11 is 18.6. The summed E-state index contributed by atoms with van der Waals surface area (Å²) in [4.78, 5) is 3.98. The van der Waals surface area contributed by atoms with E-state index in [2.05, 4.69) is 4.98 Å². The summed E-state index contributed by atoms with van der Waals surface area (Å²) in [6, 6.07) is 5.10. The predicted molar refractivity (Wildman–Crippen MR) is 87.6 cm³/mol. The second kappa shape index (κ2) is 5.88. The Kier molecular flexibility index (Phi) is 4.08. The molecule has 0 fully saturated rings. The van der Waals surface area contributed by atoms with Gasteiger partial charge < -0.3 is 13.9 Å². The number of halogens is 3. The van der Waals surface area contributed by atoms with E-state index >= 15 is 0 Å². The Morgan fingerprint density at radius 3 is 2.18 bits per heavy atom. The van der Waals surface area contributed by atoms with Gasteiger partial charge in [0, 0.05) is 11.5 Å². The van der Waals surface area contributed by atoms with Gasteiger partial charge in [-0.2, -0.15) is 0 Å². The lowest BCUT2D eigenvalue weighted by Crippen LogP contribution is -1.92. The minimum Gasteiger partial charge on any atom is -0.495 e. The van der Waals surface area contributed by atoms with Gasteiger partial charge in [0.25, 0.3) is 0 Å². The van der Waals surface area contributed by atoms with E-state index in [1.807, 2.05) is 0 Å². The average Bonchev–Trinajstić information content (AvgIpc) is 2.90. The fraction of sp³-hybridized carbons (Fsp3) is 0.133. The average molecular weight is 359 g/mol. The quantitative estimate of drug-likeness (QED) is 0.582. The van der Waals surface area contributed by atoms with Crippen LogP contribution in [0, 0.1) is 0 Å². The van der Waals surface area contributed by atoms with Crippen molar-refractivity contribution in [2.24, 2.45) is 0 Å². The van der Waals surface area contributed by atoms with E-state index in [9.17, 15) is 0 Å². The van der Waals surface area contributed by atoms with Gasteiger partial charge in [0.05, 0.1) is 36.0 Å². The summed E-state index contributed by atoms with van der Waals surface area (Å²) in [5, 5.41) is 1.85. The Balaban J connectivity index is 2.28. The van der Waals surface area contributed by atoms with Crippen LogP contribution in [-0.2, 0) is 0 Å². The van der Waals surface area contributed by atoms with Gasteiger partial charge >= 0.3 is 0 Å². The first-order chi connectivity index (χ1) is 10.5. The Hall–Kier alpha value is -1.62. The van der Waals surface area contributed by atoms with Crippen LogP contribution < -0.4 is 9.47 Å². The molecule has 0 unspecified atom stereocenters. The molecule has 0 saturated carbocycles. The van der Waals surface area contributed by atoms with Gasteiger partial charge in [-0.3, -0.25) is 0 Å². The van der Waals surface area contributed by atoms with Crippen LogP contribution in [0.3, 0.4) is 0 Å². The van der Waals surface area contributed by atoms with Gasteiger partial charge in [0.2, 0.25) is 0 Å². The number of benzene rings is 1. The molecule has 0 aliphatic heterocycles. The zero-order valence-electron chi connectivity index (χ0n) is 11.6. The molecule has 0 amide bonds. The summed E-state index contributed by atoms with van der Waals surface area (Å²) < 4.78 is 16.3. The zero-order valence-corrected chi connectivity index (χ0v) is 13.9. The van der Waals surface area contributed by atoms with Crippen LogP contribution in [0.5, 0.6) is 11.5 Å². The van der Waals surface area contributed by atoms with Crippen molar-refractivity contribution in [1.29, 1.82) is 0 Å². The molecule has 0 bridgehead atoms. The third-order valence-electron chi connectivity index (χ3n) is 3.19. The summed E-state index contributed by atoms with van der Waals surface area (Å²) in [6.45, 7) is 0. The van der Waals surface area contributed by atoms with E-state index in [1.165, 1.54) is 14.2 Å². The Morgan fingerprint density at radius 1 is 0.955 bits per heavy atom. The van der Waals surface area contributed by atoms with E-state index < -0.39 is 0 Å². The van der Waals surface area contributed by atoms with E-state index in [0.29, 0.717) is 43.6 Å². The molecular weight excluding hydrogens is 349 g/mol. The van der Waals surface area contributed by atoms with Crippen molar-refractivity contribution < 1.29 is 13.9 Å². The first-order valence-electron chi connectivity index (χ1n) is 6.20. The smallest absolute Gasteiger partial charge is 0.153 e. The van der Waals surface area contributed by atoms with Crippen LogP contribution in [-0.4, -0.2) is 19.2 Å². The van der Waals surface area contributed by atoms with Crippen molar-refractivity contribution in [3.05, 3.63) is 39.6 Å². The third kappa shape index (κ3) is 2.47. The molecule has 3 aromatic rings. The minimum atomic E-state index is 0.339. The van der Waals surface area contributed by atoms with Crippen LogP contribution in [0.25, 0.3) is 22.3 Å². The number of nitrogens with zero attached hydrogens (tertiary/aromatic N) is 1. The molecule has 0 spiro atoms. The number of hydrogen-bond acceptors (Lipinski definition) is 4. The fourth-order valence-electron chi connectivity index (χ4n) is 2.14. The van der Waals surface area contributed by atoms with Crippen molar-refractivity contribution in [2.75, 3.05) is 14.2 Å². The molecule has 0 saturated heterocycles. The highest BCUT2D eigenvalue weighted by atomic mass is 35.5. The molecule has 7 heteroatoms. The second-order valence-electron chi connectivity index (χ2n) is 4.44. The number of pyridine rings is 1. The van der Waals surface area contributed by atoms with Crippen molar-refractivity contribution in [1.82, 2.24) is 4.98 Å². The van der Waals surface area contributed by atoms with Gasteiger partial charge in [-0.1, -0.05) is 34.8 Å². The molecule has 2 heterocycles. The molecule has 22 heavy (non-hydrogen) atoms. The summed E-state index contributed by atoms with van der Waals surface area (Å²) in [5.41, 5.74) is 1.07. The highest BCUT2D eigenvalue weighted by molar-refractivity contribution is 6.41. The van der Waals surface area contributed by atoms with Gasteiger partial charge in [0.1, 0.15) is 22.4 Å². The second-order valence-corrected chi connectivity index (χ2v) is 5.58. The lowest BCUT2D eigenvalue weighted by Gasteiger charge is -2.12. The van der Waals surface area contributed by atoms with E-state index in [-0.39, 0.29) is 0 Å². The molecule has 0 N–H and O–H groups in total. The van der Waals surface area contributed by atoms with Crippen molar-refractivity contribution in [3.63, 3.8) is 0 Å². The van der Waals surface area contributed by atoms with Gasteiger partial charge in [-0.05, 0) is 12.1 Å². The standard InChI is InChI=1S/C15H10Cl3NO3/c1-20-9-5-10(21-2)15(18)13(14(9)17)8-3-7-4-12(16)19-6-11(7)22-8/h3-6H,1-2H3. The maximum atomic E-state index is 6.37. The molecule has 0 radical (unpaired) electrons. The largest absolute Gasteiger partial charge is 0.495 e. The molecule has 3 rings (SSSR count). The lowest BCUT2D eigenvalue weighted by molar-refractivity contribution is 0.394. The van der Waals surface area contributed by atoms with Gasteiger partial charge in [-0.25, -0.2) is 4.98 Å². The van der Waals surface area contributed by atoms with Crippen LogP contribution in [0.4, 0.5) is 0 Å². The monoisotopic (exact) mass is 357 g/mol. The highest BCUT2D eigenvalue weighted by Crippen LogP contribution is 2.47. The van der Waals surface area contributed by atoms with Crippen LogP contribution >= 0.6 is 34.8 Å². The van der Waals surface area contributed by atoms with E-state index in [1.54, 1.807) is 24.4 Å². The van der Waals surface area contributed by atoms with E-state index in [4.69, 9.17) is 48.7 Å². The Bertz CT molecular complexity index is 833. The molecular formula is C15H10Cl3NO3. The van der Waals surface area contributed by atoms with Crippen molar-refractivity contribution >= 4 is 45.8 Å². The van der Waals surface area contributed by atoms with Gasteiger partial charge in [-0.15, -0.1) is 0 Å². The molecule has 4 nitrogen and oxygen atoms in total. The lowest BCUT2D eigenvalue weighted by atomic mass is 10.1.